The maximum Gasteiger partial charge on any atom is 0.0441 e. The van der Waals surface area contributed by atoms with E-state index in [1.807, 2.05) is 13.0 Å². The highest BCUT2D eigenvalue weighted by atomic mass is 35.5. The van der Waals surface area contributed by atoms with Crippen molar-refractivity contribution in [1.29, 1.82) is 0 Å². The van der Waals surface area contributed by atoms with Gasteiger partial charge >= 0.3 is 0 Å². The molecule has 2 heteroatoms. The third-order valence-corrected chi connectivity index (χ3v) is 2.09. The van der Waals surface area contributed by atoms with Crippen molar-refractivity contribution in [2.24, 2.45) is 0 Å². The zero-order chi connectivity index (χ0) is 7.72. The Kier molecular flexibility index (Phi) is 2.22. The Labute approximate surface area is 70.8 Å². The number of halogens is 2. The van der Waals surface area contributed by atoms with Gasteiger partial charge in [-0.1, -0.05) is 23.2 Å². The monoisotopic (exact) mass is 173 g/mol. The van der Waals surface area contributed by atoms with Crippen molar-refractivity contribution >= 4 is 23.2 Å². The van der Waals surface area contributed by atoms with E-state index in [0.717, 1.165) is 16.1 Å². The zero-order valence-corrected chi connectivity index (χ0v) is 7.13. The van der Waals surface area contributed by atoms with Crippen LogP contribution < -0.4 is 0 Å². The van der Waals surface area contributed by atoms with Crippen molar-refractivity contribution in [3.05, 3.63) is 40.2 Å². The van der Waals surface area contributed by atoms with E-state index in [2.05, 4.69) is 6.92 Å². The molecule has 1 rings (SSSR count). The molecule has 0 aliphatic heterocycles. The minimum Gasteiger partial charge on any atom is -0.0840 e. The van der Waals surface area contributed by atoms with E-state index in [9.17, 15) is 0 Å². The summed E-state index contributed by atoms with van der Waals surface area (Å²) in [6.45, 7) is 5.62. The van der Waals surface area contributed by atoms with Gasteiger partial charge in [0.2, 0.25) is 0 Å². The van der Waals surface area contributed by atoms with Gasteiger partial charge in [-0.3, -0.25) is 0 Å². The summed E-state index contributed by atoms with van der Waals surface area (Å²) >= 11 is 11.6. The highest BCUT2D eigenvalue weighted by molar-refractivity contribution is 6.34. The molecular formula is C8H7Cl2. The topological polar surface area (TPSA) is 0 Å². The van der Waals surface area contributed by atoms with Crippen LogP contribution in [-0.2, 0) is 0 Å². The molecule has 53 valence electrons. The van der Waals surface area contributed by atoms with Crippen LogP contribution in [0, 0.1) is 13.8 Å². The lowest BCUT2D eigenvalue weighted by Gasteiger charge is -2.00. The van der Waals surface area contributed by atoms with E-state index in [1.165, 1.54) is 0 Å². The third kappa shape index (κ3) is 1.44. The number of hydrogen-bond donors (Lipinski definition) is 0. The normalized spacial score (nSPS) is 10.0. The Morgan fingerprint density at radius 3 is 2.30 bits per heavy atom. The van der Waals surface area contributed by atoms with Crippen LogP contribution in [0.5, 0.6) is 0 Å². The van der Waals surface area contributed by atoms with Gasteiger partial charge in [0.1, 0.15) is 0 Å². The Hall–Kier alpha value is -0.200. The maximum atomic E-state index is 5.79. The fourth-order valence-electron chi connectivity index (χ4n) is 0.687. The first-order chi connectivity index (χ1) is 4.61. The predicted octanol–water partition coefficient (Wildman–Crippen LogP) is 3.48. The second kappa shape index (κ2) is 2.81. The first-order valence-electron chi connectivity index (χ1n) is 2.89. The van der Waals surface area contributed by atoms with Crippen LogP contribution in [0.25, 0.3) is 0 Å². The molecule has 0 fully saturated rings. The van der Waals surface area contributed by atoms with Gasteiger partial charge in [0.15, 0.2) is 0 Å². The van der Waals surface area contributed by atoms with Gasteiger partial charge in [0.05, 0.1) is 0 Å². The van der Waals surface area contributed by atoms with Crippen LogP contribution >= 0.6 is 23.2 Å². The molecule has 0 bridgehead atoms. The standard InChI is InChI=1S/C8H7Cl2/c1-5-3-8(10)6(2)4-7(5)9/h3-4H,1H2,2H3. The molecule has 0 nitrogen and oxygen atoms in total. The van der Waals surface area contributed by atoms with Gasteiger partial charge in [-0.15, -0.1) is 0 Å². The molecule has 0 N–H and O–H groups in total. The van der Waals surface area contributed by atoms with Crippen LogP contribution in [0.2, 0.25) is 10.0 Å². The summed E-state index contributed by atoms with van der Waals surface area (Å²) < 4.78 is 0. The minimum atomic E-state index is 0.668. The smallest absolute Gasteiger partial charge is 0.0441 e. The molecule has 0 saturated carbocycles. The van der Waals surface area contributed by atoms with Crippen molar-refractivity contribution in [3.63, 3.8) is 0 Å². The highest BCUT2D eigenvalue weighted by Gasteiger charge is 1.98. The average Bonchev–Trinajstić information content (AvgIpc) is 1.84. The number of rotatable bonds is 0. The van der Waals surface area contributed by atoms with E-state index >= 15 is 0 Å². The average molecular weight is 174 g/mol. The molecule has 0 atom stereocenters. The molecule has 0 spiro atoms. The second-order valence-electron chi connectivity index (χ2n) is 2.19. The predicted molar refractivity (Wildman–Crippen MR) is 45.7 cm³/mol. The number of hydrogen-bond acceptors (Lipinski definition) is 0. The summed E-state index contributed by atoms with van der Waals surface area (Å²) in [7, 11) is 0. The lowest BCUT2D eigenvalue weighted by molar-refractivity contribution is 1.45. The summed E-state index contributed by atoms with van der Waals surface area (Å²) in [5, 5.41) is 1.39. The Balaban J connectivity index is 3.28. The van der Waals surface area contributed by atoms with Crippen LogP contribution in [-0.4, -0.2) is 0 Å². The molecular weight excluding hydrogens is 167 g/mol. The van der Waals surface area contributed by atoms with Crippen molar-refractivity contribution in [2.45, 2.75) is 6.92 Å². The van der Waals surface area contributed by atoms with E-state index in [0.29, 0.717) is 5.02 Å². The number of benzene rings is 1. The van der Waals surface area contributed by atoms with Gasteiger partial charge < -0.3 is 0 Å². The highest BCUT2D eigenvalue weighted by Crippen LogP contribution is 2.23. The van der Waals surface area contributed by atoms with Gasteiger partial charge in [0, 0.05) is 10.0 Å². The van der Waals surface area contributed by atoms with E-state index in [4.69, 9.17) is 23.2 Å². The quantitative estimate of drug-likeness (QED) is 0.564. The Morgan fingerprint density at radius 2 is 1.80 bits per heavy atom. The SMILES string of the molecule is [CH2]c1cc(Cl)c(C)cc1Cl. The van der Waals surface area contributed by atoms with Crippen LogP contribution in [0.1, 0.15) is 11.1 Å². The summed E-state index contributed by atoms with van der Waals surface area (Å²) in [4.78, 5) is 0. The van der Waals surface area contributed by atoms with Crippen molar-refractivity contribution in [3.8, 4) is 0 Å². The molecule has 1 aromatic rings. The Bertz CT molecular complexity index is 203. The van der Waals surface area contributed by atoms with Crippen LogP contribution in [0.3, 0.4) is 0 Å². The summed E-state index contributed by atoms with van der Waals surface area (Å²) in [6.07, 6.45) is 0. The van der Waals surface area contributed by atoms with E-state index < -0.39 is 0 Å². The van der Waals surface area contributed by atoms with Crippen LogP contribution in [0.4, 0.5) is 0 Å². The van der Waals surface area contributed by atoms with Crippen molar-refractivity contribution in [2.75, 3.05) is 0 Å². The molecule has 0 aromatic heterocycles. The van der Waals surface area contributed by atoms with E-state index in [1.54, 1.807) is 6.07 Å². The minimum absolute atomic E-state index is 0.668. The molecule has 0 aliphatic carbocycles. The van der Waals surface area contributed by atoms with Crippen molar-refractivity contribution in [1.82, 2.24) is 0 Å². The first kappa shape index (κ1) is 7.90. The molecule has 0 unspecified atom stereocenters. The molecule has 0 aliphatic rings. The maximum absolute atomic E-state index is 5.79. The molecule has 0 heterocycles. The van der Waals surface area contributed by atoms with E-state index in [-0.39, 0.29) is 0 Å². The summed E-state index contributed by atoms with van der Waals surface area (Å²) in [5.74, 6) is 0. The summed E-state index contributed by atoms with van der Waals surface area (Å²) in [5.41, 5.74) is 1.76. The largest absolute Gasteiger partial charge is 0.0840 e. The second-order valence-corrected chi connectivity index (χ2v) is 3.01. The van der Waals surface area contributed by atoms with Gasteiger partial charge in [-0.25, -0.2) is 0 Å². The first-order valence-corrected chi connectivity index (χ1v) is 3.64. The van der Waals surface area contributed by atoms with Gasteiger partial charge in [-0.05, 0) is 37.1 Å². The Morgan fingerprint density at radius 1 is 1.20 bits per heavy atom. The molecule has 1 aromatic carbocycles. The molecule has 0 saturated heterocycles. The molecule has 0 amide bonds. The van der Waals surface area contributed by atoms with Gasteiger partial charge in [-0.2, -0.15) is 0 Å². The zero-order valence-electron chi connectivity index (χ0n) is 5.62. The fourth-order valence-corrected chi connectivity index (χ4v) is 1.09. The summed E-state index contributed by atoms with van der Waals surface area (Å²) in [6, 6.07) is 3.57. The van der Waals surface area contributed by atoms with Crippen LogP contribution in [0.15, 0.2) is 12.1 Å². The number of aryl methyl sites for hydroxylation is 1. The third-order valence-electron chi connectivity index (χ3n) is 1.33. The lowest BCUT2D eigenvalue weighted by atomic mass is 10.2. The van der Waals surface area contributed by atoms with Crippen molar-refractivity contribution < 1.29 is 0 Å². The lowest BCUT2D eigenvalue weighted by Crippen LogP contribution is -1.79. The molecule has 10 heavy (non-hydrogen) atoms. The molecule has 1 radical (unpaired) electrons. The fraction of sp³-hybridized carbons (Fsp3) is 0.125. The van der Waals surface area contributed by atoms with Gasteiger partial charge in [0.25, 0.3) is 0 Å².